The zero-order valence-electron chi connectivity index (χ0n) is 15.4. The second-order valence-corrected chi connectivity index (χ2v) is 9.22. The number of carbonyl (C=O) groups excluding carboxylic acids is 1. The minimum absolute atomic E-state index is 0.266. The largest absolute Gasteiger partial charge is 0.461 e. The smallest absolute Gasteiger partial charge is 0.357 e. The molecule has 4 rings (SSSR count). The second-order valence-electron chi connectivity index (χ2n) is 7.20. The lowest BCUT2D eigenvalue weighted by Crippen LogP contribution is -2.15. The molecular formula is C20H22N2O4S. The quantitative estimate of drug-likeness (QED) is 0.788. The summed E-state index contributed by atoms with van der Waals surface area (Å²) in [6, 6.07) is 6.74. The Morgan fingerprint density at radius 1 is 1.26 bits per heavy atom. The molecule has 142 valence electrons. The molecule has 7 heteroatoms. The molecule has 2 unspecified atom stereocenters. The molecule has 0 radical (unpaired) electrons. The first-order valence-corrected chi connectivity index (χ1v) is 11.0. The first-order chi connectivity index (χ1) is 12.9. The number of hydrogen-bond donors (Lipinski definition) is 1. The van der Waals surface area contributed by atoms with Crippen molar-refractivity contribution in [1.82, 2.24) is 4.98 Å². The molecule has 1 saturated carbocycles. The number of benzene rings is 1. The summed E-state index contributed by atoms with van der Waals surface area (Å²) in [7, 11) is -3.28. The van der Waals surface area contributed by atoms with Gasteiger partial charge < -0.3 is 10.1 Å². The van der Waals surface area contributed by atoms with Gasteiger partial charge in [-0.15, -0.1) is 0 Å². The van der Waals surface area contributed by atoms with Crippen molar-refractivity contribution in [2.24, 2.45) is 0 Å². The number of fused-ring (bicyclic) bond motifs is 5. The summed E-state index contributed by atoms with van der Waals surface area (Å²) in [6.45, 7) is 2.11. The molecule has 6 nitrogen and oxygen atoms in total. The maximum absolute atomic E-state index is 12.3. The number of sulfone groups is 1. The van der Waals surface area contributed by atoms with Crippen molar-refractivity contribution < 1.29 is 17.9 Å². The number of ether oxygens (including phenoxy) is 1. The number of anilines is 2. The van der Waals surface area contributed by atoms with Gasteiger partial charge in [-0.25, -0.2) is 18.2 Å². The maximum atomic E-state index is 12.3. The van der Waals surface area contributed by atoms with Crippen molar-refractivity contribution in [2.75, 3.05) is 18.2 Å². The van der Waals surface area contributed by atoms with Gasteiger partial charge in [0.15, 0.2) is 15.5 Å². The first kappa shape index (κ1) is 18.0. The van der Waals surface area contributed by atoms with E-state index in [4.69, 9.17) is 4.74 Å². The summed E-state index contributed by atoms with van der Waals surface area (Å²) in [5, 5.41) is 3.32. The number of carbonyl (C=O) groups is 1. The number of aromatic nitrogens is 1. The van der Waals surface area contributed by atoms with Crippen molar-refractivity contribution in [2.45, 2.75) is 42.9 Å². The number of rotatable bonds is 5. The molecule has 1 aromatic carbocycles. The Balaban J connectivity index is 1.74. The number of esters is 1. The molecule has 2 aliphatic rings. The number of nitrogens with zero attached hydrogens (tertiary/aromatic N) is 1. The molecule has 0 saturated heterocycles. The molecule has 1 N–H and O–H groups in total. The Kier molecular flexibility index (Phi) is 4.42. The summed E-state index contributed by atoms with van der Waals surface area (Å²) in [6.07, 6.45) is 6.06. The normalized spacial score (nSPS) is 20.4. The fourth-order valence-electron chi connectivity index (χ4n) is 4.32. The van der Waals surface area contributed by atoms with Crippen LogP contribution in [0.3, 0.4) is 0 Å². The molecule has 2 aliphatic carbocycles. The van der Waals surface area contributed by atoms with Gasteiger partial charge >= 0.3 is 5.97 Å². The highest BCUT2D eigenvalue weighted by molar-refractivity contribution is 7.90. The van der Waals surface area contributed by atoms with Crippen molar-refractivity contribution in [3.05, 3.63) is 47.3 Å². The molecule has 0 spiro atoms. The zero-order valence-corrected chi connectivity index (χ0v) is 16.2. The lowest BCUT2D eigenvalue weighted by molar-refractivity contribution is 0.0517. The van der Waals surface area contributed by atoms with Crippen LogP contribution in [0.25, 0.3) is 0 Å². The third-order valence-corrected chi connectivity index (χ3v) is 6.53. The van der Waals surface area contributed by atoms with Crippen LogP contribution < -0.4 is 5.32 Å². The minimum atomic E-state index is -3.28. The van der Waals surface area contributed by atoms with Crippen LogP contribution in [0.4, 0.5) is 11.4 Å². The maximum Gasteiger partial charge on any atom is 0.357 e. The summed E-state index contributed by atoms with van der Waals surface area (Å²) >= 11 is 0. The fraction of sp³-hybridized carbons (Fsp3) is 0.400. The molecule has 0 amide bonds. The van der Waals surface area contributed by atoms with E-state index in [0.29, 0.717) is 29.8 Å². The Bertz CT molecular complexity index is 1020. The van der Waals surface area contributed by atoms with Crippen molar-refractivity contribution >= 4 is 27.2 Å². The van der Waals surface area contributed by atoms with Crippen LogP contribution in [-0.4, -0.2) is 32.2 Å². The Labute approximate surface area is 158 Å². The van der Waals surface area contributed by atoms with Crippen LogP contribution in [0.5, 0.6) is 0 Å². The van der Waals surface area contributed by atoms with Crippen molar-refractivity contribution in [1.29, 1.82) is 0 Å². The highest BCUT2D eigenvalue weighted by Gasteiger charge is 2.42. The molecule has 1 aromatic heterocycles. The molecule has 27 heavy (non-hydrogen) atoms. The first-order valence-electron chi connectivity index (χ1n) is 9.15. The van der Waals surface area contributed by atoms with Gasteiger partial charge in [-0.1, -0.05) is 6.07 Å². The second kappa shape index (κ2) is 6.64. The summed E-state index contributed by atoms with van der Waals surface area (Å²) < 4.78 is 28.8. The summed E-state index contributed by atoms with van der Waals surface area (Å²) in [5.74, 6) is 0.384. The van der Waals surface area contributed by atoms with Gasteiger partial charge in [-0.3, -0.25) is 0 Å². The van der Waals surface area contributed by atoms with E-state index < -0.39 is 9.84 Å². The minimum Gasteiger partial charge on any atom is -0.461 e. The van der Waals surface area contributed by atoms with Crippen LogP contribution in [0.1, 0.15) is 59.6 Å². The van der Waals surface area contributed by atoms with Crippen LogP contribution in [-0.2, 0) is 14.6 Å². The molecule has 0 aliphatic heterocycles. The van der Waals surface area contributed by atoms with E-state index in [9.17, 15) is 13.2 Å². The highest BCUT2D eigenvalue weighted by Crippen LogP contribution is 2.56. The Morgan fingerprint density at radius 2 is 2.00 bits per heavy atom. The van der Waals surface area contributed by atoms with Crippen molar-refractivity contribution in [3.63, 3.8) is 0 Å². The Morgan fingerprint density at radius 3 is 2.70 bits per heavy atom. The molecule has 2 aromatic rings. The van der Waals surface area contributed by atoms with Gasteiger partial charge in [0.1, 0.15) is 0 Å². The lowest BCUT2D eigenvalue weighted by atomic mass is 9.89. The van der Waals surface area contributed by atoms with Gasteiger partial charge in [-0.2, -0.15) is 0 Å². The van der Waals surface area contributed by atoms with Crippen LogP contribution in [0.15, 0.2) is 35.4 Å². The van der Waals surface area contributed by atoms with Gasteiger partial charge in [-0.05, 0) is 67.3 Å². The van der Waals surface area contributed by atoms with Crippen molar-refractivity contribution in [3.8, 4) is 0 Å². The third-order valence-electron chi connectivity index (χ3n) is 5.42. The molecule has 1 heterocycles. The van der Waals surface area contributed by atoms with E-state index in [1.54, 1.807) is 31.3 Å². The molecular weight excluding hydrogens is 364 g/mol. The summed E-state index contributed by atoms with van der Waals surface area (Å²) in [4.78, 5) is 17.0. The summed E-state index contributed by atoms with van der Waals surface area (Å²) in [5.41, 5.74) is 4.10. The topological polar surface area (TPSA) is 85.4 Å². The third kappa shape index (κ3) is 3.20. The van der Waals surface area contributed by atoms with Gasteiger partial charge in [0.05, 0.1) is 23.4 Å². The van der Waals surface area contributed by atoms with E-state index in [0.717, 1.165) is 36.1 Å². The molecule has 2 bridgehead atoms. The Hall–Kier alpha value is -2.41. The van der Waals surface area contributed by atoms with Crippen LogP contribution >= 0.6 is 0 Å². The number of hydrogen-bond acceptors (Lipinski definition) is 6. The van der Waals surface area contributed by atoms with Gasteiger partial charge in [0.2, 0.25) is 0 Å². The van der Waals surface area contributed by atoms with E-state index in [2.05, 4.69) is 10.3 Å². The van der Waals surface area contributed by atoms with Crippen LogP contribution in [0, 0.1) is 0 Å². The monoisotopic (exact) mass is 386 g/mol. The van der Waals surface area contributed by atoms with E-state index >= 15 is 0 Å². The van der Waals surface area contributed by atoms with Gasteiger partial charge in [0.25, 0.3) is 0 Å². The number of nitrogens with one attached hydrogen (secondary N) is 1. The zero-order chi connectivity index (χ0) is 19.2. The average Bonchev–Trinajstić information content (AvgIpc) is 3.24. The predicted octanol–water partition coefficient (Wildman–Crippen LogP) is 3.77. The SMILES string of the molecule is CCOC(=O)c1ncc(Nc2cccc(S(C)(=O)=O)c2)c2c1C1CCC2C1. The van der Waals surface area contributed by atoms with E-state index in [1.165, 1.54) is 6.26 Å². The van der Waals surface area contributed by atoms with Gasteiger partial charge in [0, 0.05) is 11.9 Å². The average molecular weight is 386 g/mol. The standard InChI is InChI=1S/C20H22N2O4S/c1-3-26-20(23)19-18-13-8-7-12(9-13)17(18)16(11-21-19)22-14-5-4-6-15(10-14)27(2,24)25/h4-6,10-13,22H,3,7-9H2,1-2H3. The van der Waals surface area contributed by atoms with Crippen LogP contribution in [0.2, 0.25) is 0 Å². The van der Waals surface area contributed by atoms with E-state index in [1.807, 2.05) is 6.07 Å². The molecule has 2 atom stereocenters. The fourth-order valence-corrected chi connectivity index (χ4v) is 4.99. The highest BCUT2D eigenvalue weighted by atomic mass is 32.2. The van der Waals surface area contributed by atoms with E-state index in [-0.39, 0.29) is 10.9 Å². The number of pyridine rings is 1. The molecule has 1 fully saturated rings. The predicted molar refractivity (Wildman–Crippen MR) is 102 cm³/mol. The lowest BCUT2D eigenvalue weighted by Gasteiger charge is -2.21.